The second-order valence-corrected chi connectivity index (χ2v) is 6.62. The quantitative estimate of drug-likeness (QED) is 0.839. The van der Waals surface area contributed by atoms with Crippen molar-refractivity contribution < 1.29 is 14.3 Å². The molecule has 5 nitrogen and oxygen atoms in total. The summed E-state index contributed by atoms with van der Waals surface area (Å²) in [6.07, 6.45) is 2.80. The van der Waals surface area contributed by atoms with Crippen LogP contribution < -0.4 is 20.5 Å². The van der Waals surface area contributed by atoms with Gasteiger partial charge in [-0.05, 0) is 30.3 Å². The van der Waals surface area contributed by atoms with Gasteiger partial charge in [-0.2, -0.15) is 11.8 Å². The van der Waals surface area contributed by atoms with Gasteiger partial charge in [0.2, 0.25) is 5.91 Å². The Morgan fingerprint density at radius 2 is 1.90 bits per heavy atom. The molecule has 0 radical (unpaired) electrons. The Morgan fingerprint density at radius 1 is 1.24 bits per heavy atom. The zero-order valence-electron chi connectivity index (χ0n) is 11.9. The van der Waals surface area contributed by atoms with E-state index in [0.717, 1.165) is 24.3 Å². The predicted octanol–water partition coefficient (Wildman–Crippen LogP) is 2.51. The van der Waals surface area contributed by atoms with Crippen LogP contribution >= 0.6 is 11.8 Å². The first-order chi connectivity index (χ1) is 10.2. The molecule has 2 heterocycles. The summed E-state index contributed by atoms with van der Waals surface area (Å²) in [6.45, 7) is 1.04. The molecule has 1 aromatic carbocycles. The Kier molecular flexibility index (Phi) is 4.43. The molecule has 0 spiro atoms. The molecule has 0 bridgehead atoms. The van der Waals surface area contributed by atoms with Crippen LogP contribution in [0.3, 0.4) is 0 Å². The number of rotatable bonds is 3. The van der Waals surface area contributed by atoms with Crippen LogP contribution in [-0.2, 0) is 4.79 Å². The molecular weight excluding hydrogens is 288 g/mol. The number of amides is 1. The lowest BCUT2D eigenvalue weighted by Gasteiger charge is -2.22. The highest BCUT2D eigenvalue weighted by molar-refractivity contribution is 7.99. The van der Waals surface area contributed by atoms with Gasteiger partial charge in [-0.3, -0.25) is 4.79 Å². The smallest absolute Gasteiger partial charge is 0.224 e. The van der Waals surface area contributed by atoms with Gasteiger partial charge in [-0.25, -0.2) is 0 Å². The first-order valence-corrected chi connectivity index (χ1v) is 8.44. The standard InChI is InChI=1S/C15H20N2O3S/c16-11-8-13-14(20-4-3-19-13)9-12(11)17-15(18)7-10-1-5-21-6-2-10/h8-10H,1-7,16H2,(H,17,18). The number of carbonyl (C=O) groups excluding carboxylic acids is 1. The average molecular weight is 308 g/mol. The second-order valence-electron chi connectivity index (χ2n) is 5.39. The van der Waals surface area contributed by atoms with Gasteiger partial charge in [0, 0.05) is 18.6 Å². The van der Waals surface area contributed by atoms with Crippen molar-refractivity contribution in [3.8, 4) is 11.5 Å². The van der Waals surface area contributed by atoms with Crippen LogP contribution in [0.5, 0.6) is 11.5 Å². The van der Waals surface area contributed by atoms with Crippen molar-refractivity contribution in [1.82, 2.24) is 0 Å². The summed E-state index contributed by atoms with van der Waals surface area (Å²) in [7, 11) is 0. The summed E-state index contributed by atoms with van der Waals surface area (Å²) in [5.74, 6) is 4.11. The number of hydrogen-bond acceptors (Lipinski definition) is 5. The summed E-state index contributed by atoms with van der Waals surface area (Å²) < 4.78 is 11.0. The molecule has 2 aliphatic heterocycles. The molecule has 0 saturated carbocycles. The molecule has 1 fully saturated rings. The van der Waals surface area contributed by atoms with E-state index in [-0.39, 0.29) is 5.91 Å². The van der Waals surface area contributed by atoms with Crippen molar-refractivity contribution in [1.29, 1.82) is 0 Å². The number of carbonyl (C=O) groups is 1. The van der Waals surface area contributed by atoms with E-state index in [0.29, 0.717) is 48.4 Å². The topological polar surface area (TPSA) is 73.6 Å². The molecule has 114 valence electrons. The summed E-state index contributed by atoms with van der Waals surface area (Å²) in [5.41, 5.74) is 7.08. The van der Waals surface area contributed by atoms with Crippen molar-refractivity contribution in [3.63, 3.8) is 0 Å². The van der Waals surface area contributed by atoms with Crippen LogP contribution in [0.2, 0.25) is 0 Å². The van der Waals surface area contributed by atoms with Crippen molar-refractivity contribution in [2.75, 3.05) is 35.8 Å². The number of anilines is 2. The maximum absolute atomic E-state index is 12.2. The van der Waals surface area contributed by atoms with E-state index in [1.54, 1.807) is 12.1 Å². The largest absolute Gasteiger partial charge is 0.486 e. The van der Waals surface area contributed by atoms with Gasteiger partial charge in [-0.1, -0.05) is 0 Å². The summed E-state index contributed by atoms with van der Waals surface area (Å²) in [4.78, 5) is 12.2. The third kappa shape index (κ3) is 3.56. The van der Waals surface area contributed by atoms with Gasteiger partial charge in [0.25, 0.3) is 0 Å². The van der Waals surface area contributed by atoms with Crippen LogP contribution in [0.25, 0.3) is 0 Å². The molecule has 0 aliphatic carbocycles. The lowest BCUT2D eigenvalue weighted by atomic mass is 9.98. The maximum atomic E-state index is 12.2. The fraction of sp³-hybridized carbons (Fsp3) is 0.533. The number of fused-ring (bicyclic) bond motifs is 1. The highest BCUT2D eigenvalue weighted by Gasteiger charge is 2.19. The molecule has 6 heteroatoms. The Balaban J connectivity index is 1.65. The minimum absolute atomic E-state index is 0.0234. The molecule has 0 unspecified atom stereocenters. The molecule has 1 aromatic rings. The van der Waals surface area contributed by atoms with E-state index in [2.05, 4.69) is 5.32 Å². The molecule has 21 heavy (non-hydrogen) atoms. The fourth-order valence-electron chi connectivity index (χ4n) is 2.63. The minimum Gasteiger partial charge on any atom is -0.486 e. The average Bonchev–Trinajstić information content (AvgIpc) is 2.49. The molecule has 3 N–H and O–H groups in total. The summed E-state index contributed by atoms with van der Waals surface area (Å²) in [5, 5.41) is 2.90. The molecule has 1 amide bonds. The molecule has 3 rings (SSSR count). The van der Waals surface area contributed by atoms with E-state index in [1.165, 1.54) is 0 Å². The van der Waals surface area contributed by atoms with E-state index < -0.39 is 0 Å². The van der Waals surface area contributed by atoms with Crippen molar-refractivity contribution >= 4 is 29.0 Å². The number of ether oxygens (including phenoxy) is 2. The highest BCUT2D eigenvalue weighted by atomic mass is 32.2. The molecule has 0 aromatic heterocycles. The molecule has 1 saturated heterocycles. The van der Waals surface area contributed by atoms with Gasteiger partial charge in [0.1, 0.15) is 13.2 Å². The molecule has 0 atom stereocenters. The van der Waals surface area contributed by atoms with E-state index in [1.807, 2.05) is 11.8 Å². The molecular formula is C15H20N2O3S. The zero-order chi connectivity index (χ0) is 14.7. The van der Waals surface area contributed by atoms with Gasteiger partial charge < -0.3 is 20.5 Å². The number of benzene rings is 1. The Bertz CT molecular complexity index is 530. The third-order valence-electron chi connectivity index (χ3n) is 3.80. The van der Waals surface area contributed by atoms with Crippen LogP contribution in [0, 0.1) is 5.92 Å². The van der Waals surface area contributed by atoms with E-state index in [9.17, 15) is 4.79 Å². The van der Waals surface area contributed by atoms with Crippen LogP contribution in [-0.4, -0.2) is 30.6 Å². The van der Waals surface area contributed by atoms with Crippen LogP contribution in [0.4, 0.5) is 11.4 Å². The highest BCUT2D eigenvalue weighted by Crippen LogP contribution is 2.37. The van der Waals surface area contributed by atoms with E-state index in [4.69, 9.17) is 15.2 Å². The Labute approximate surface area is 128 Å². The Hall–Kier alpha value is -1.56. The number of thioether (sulfide) groups is 1. The third-order valence-corrected chi connectivity index (χ3v) is 4.85. The monoisotopic (exact) mass is 308 g/mol. The number of nitrogens with two attached hydrogens (primary N) is 1. The normalized spacial score (nSPS) is 18.3. The Morgan fingerprint density at radius 3 is 2.62 bits per heavy atom. The number of nitrogen functional groups attached to an aromatic ring is 1. The SMILES string of the molecule is Nc1cc2c(cc1NC(=O)CC1CCSCC1)OCCO2. The van der Waals surface area contributed by atoms with Gasteiger partial charge >= 0.3 is 0 Å². The predicted molar refractivity (Wildman–Crippen MR) is 85.1 cm³/mol. The molecule has 2 aliphatic rings. The lowest BCUT2D eigenvalue weighted by molar-refractivity contribution is -0.117. The summed E-state index contributed by atoms with van der Waals surface area (Å²) in [6, 6.07) is 3.46. The fourth-order valence-corrected chi connectivity index (χ4v) is 3.83. The first kappa shape index (κ1) is 14.4. The van der Waals surface area contributed by atoms with Gasteiger partial charge in [0.05, 0.1) is 11.4 Å². The van der Waals surface area contributed by atoms with Gasteiger partial charge in [-0.15, -0.1) is 0 Å². The lowest BCUT2D eigenvalue weighted by Crippen LogP contribution is -2.21. The van der Waals surface area contributed by atoms with Crippen molar-refractivity contribution in [3.05, 3.63) is 12.1 Å². The summed E-state index contributed by atoms with van der Waals surface area (Å²) >= 11 is 1.97. The van der Waals surface area contributed by atoms with Crippen molar-refractivity contribution in [2.45, 2.75) is 19.3 Å². The van der Waals surface area contributed by atoms with Crippen LogP contribution in [0.1, 0.15) is 19.3 Å². The van der Waals surface area contributed by atoms with Crippen LogP contribution in [0.15, 0.2) is 12.1 Å². The zero-order valence-corrected chi connectivity index (χ0v) is 12.7. The van der Waals surface area contributed by atoms with E-state index >= 15 is 0 Å². The number of hydrogen-bond donors (Lipinski definition) is 2. The minimum atomic E-state index is 0.0234. The first-order valence-electron chi connectivity index (χ1n) is 7.29. The van der Waals surface area contributed by atoms with Gasteiger partial charge in [0.15, 0.2) is 11.5 Å². The maximum Gasteiger partial charge on any atom is 0.224 e. The van der Waals surface area contributed by atoms with Crippen molar-refractivity contribution in [2.24, 2.45) is 5.92 Å². The second kappa shape index (κ2) is 6.47. The number of nitrogens with one attached hydrogen (secondary N) is 1.